The van der Waals surface area contributed by atoms with Crippen LogP contribution < -0.4 is 10.2 Å². The van der Waals surface area contributed by atoms with Crippen LogP contribution >= 0.6 is 23.1 Å². The molecule has 0 unspecified atom stereocenters. The summed E-state index contributed by atoms with van der Waals surface area (Å²) in [6.07, 6.45) is 2.49. The maximum Gasteiger partial charge on any atom is 0.231 e. The van der Waals surface area contributed by atoms with Gasteiger partial charge in [0.05, 0.1) is 5.92 Å². The Morgan fingerprint density at radius 1 is 1.36 bits per heavy atom. The number of nitrogens with one attached hydrogen (secondary N) is 1. The first-order chi connectivity index (χ1) is 12.2. The number of para-hydroxylation sites is 1. The number of nitrogens with zero attached hydrogens (tertiary/aromatic N) is 3. The van der Waals surface area contributed by atoms with Crippen molar-refractivity contribution in [3.05, 3.63) is 30.3 Å². The normalized spacial score (nSPS) is 17.1. The van der Waals surface area contributed by atoms with Crippen molar-refractivity contribution in [1.29, 1.82) is 0 Å². The molecule has 1 aromatic carbocycles. The minimum atomic E-state index is -0.368. The first kappa shape index (κ1) is 17.9. The number of rotatable bonds is 7. The highest BCUT2D eigenvalue weighted by atomic mass is 32.2. The van der Waals surface area contributed by atoms with Crippen molar-refractivity contribution >= 4 is 45.7 Å². The smallest absolute Gasteiger partial charge is 0.231 e. The Morgan fingerprint density at radius 2 is 2.16 bits per heavy atom. The minimum Gasteiger partial charge on any atom is -0.312 e. The summed E-state index contributed by atoms with van der Waals surface area (Å²) in [7, 11) is 0. The van der Waals surface area contributed by atoms with E-state index in [4.69, 9.17) is 0 Å². The Morgan fingerprint density at radius 3 is 2.92 bits per heavy atom. The molecule has 2 amide bonds. The first-order valence-electron chi connectivity index (χ1n) is 8.30. The van der Waals surface area contributed by atoms with E-state index in [2.05, 4.69) is 22.4 Å². The third-order valence-corrected chi connectivity index (χ3v) is 5.98. The zero-order valence-corrected chi connectivity index (χ0v) is 15.6. The van der Waals surface area contributed by atoms with Gasteiger partial charge in [0.25, 0.3) is 0 Å². The summed E-state index contributed by atoms with van der Waals surface area (Å²) in [6.45, 7) is 2.54. The lowest BCUT2D eigenvalue weighted by Gasteiger charge is -2.16. The van der Waals surface area contributed by atoms with E-state index in [1.165, 1.54) is 11.3 Å². The fourth-order valence-corrected chi connectivity index (χ4v) is 4.48. The van der Waals surface area contributed by atoms with E-state index in [1.807, 2.05) is 30.3 Å². The fourth-order valence-electron chi connectivity index (χ4n) is 2.57. The van der Waals surface area contributed by atoms with Crippen molar-refractivity contribution in [2.75, 3.05) is 22.5 Å². The van der Waals surface area contributed by atoms with E-state index in [1.54, 1.807) is 16.7 Å². The topological polar surface area (TPSA) is 75.2 Å². The quantitative estimate of drug-likeness (QED) is 0.455. The number of anilines is 2. The number of carbonyl (C=O) groups excluding carboxylic acids is 2. The number of benzene rings is 1. The largest absolute Gasteiger partial charge is 0.312 e. The van der Waals surface area contributed by atoms with E-state index in [-0.39, 0.29) is 24.2 Å². The molecule has 1 saturated heterocycles. The maximum atomic E-state index is 12.4. The lowest BCUT2D eigenvalue weighted by atomic mass is 10.1. The molecule has 2 aromatic rings. The van der Waals surface area contributed by atoms with E-state index >= 15 is 0 Å². The molecule has 1 aliphatic rings. The lowest BCUT2D eigenvalue weighted by Crippen LogP contribution is -2.28. The highest BCUT2D eigenvalue weighted by Crippen LogP contribution is 2.28. The van der Waals surface area contributed by atoms with E-state index in [0.29, 0.717) is 11.7 Å². The van der Waals surface area contributed by atoms with E-state index in [9.17, 15) is 9.59 Å². The molecule has 25 heavy (non-hydrogen) atoms. The standard InChI is InChI=1S/C17H20N4O2S2/c1-2-3-9-24-17-20-19-16(25-17)18-15(23)12-10-14(22)21(11-12)13-7-5-4-6-8-13/h4-8,12H,2-3,9-11H2,1H3,(H,18,19,23)/t12-/m0/s1. The highest BCUT2D eigenvalue weighted by molar-refractivity contribution is 8.01. The van der Waals surface area contributed by atoms with Gasteiger partial charge in [-0.3, -0.25) is 9.59 Å². The van der Waals surface area contributed by atoms with Crippen molar-refractivity contribution in [2.45, 2.75) is 30.5 Å². The second-order valence-corrected chi connectivity index (χ2v) is 8.12. The molecule has 3 rings (SSSR count). The number of unbranched alkanes of at least 4 members (excludes halogenated alkanes) is 1. The zero-order chi connectivity index (χ0) is 17.6. The molecule has 8 heteroatoms. The van der Waals surface area contributed by atoms with Crippen LogP contribution in [0.25, 0.3) is 0 Å². The van der Waals surface area contributed by atoms with Gasteiger partial charge < -0.3 is 10.2 Å². The molecule has 132 valence electrons. The van der Waals surface area contributed by atoms with Gasteiger partial charge in [0.2, 0.25) is 16.9 Å². The summed E-state index contributed by atoms with van der Waals surface area (Å²) in [6, 6.07) is 9.43. The zero-order valence-electron chi connectivity index (χ0n) is 14.0. The molecule has 1 aliphatic heterocycles. The maximum absolute atomic E-state index is 12.4. The first-order valence-corrected chi connectivity index (χ1v) is 10.1. The molecule has 1 aromatic heterocycles. The molecule has 1 N–H and O–H groups in total. The minimum absolute atomic E-state index is 0.0283. The summed E-state index contributed by atoms with van der Waals surface area (Å²) >= 11 is 3.03. The average molecular weight is 377 g/mol. The molecule has 0 bridgehead atoms. The Labute approximate surface area is 155 Å². The van der Waals surface area contributed by atoms with Gasteiger partial charge in [0.1, 0.15) is 0 Å². The van der Waals surface area contributed by atoms with Crippen LogP contribution in [0.4, 0.5) is 10.8 Å². The molecule has 6 nitrogen and oxygen atoms in total. The molecule has 0 spiro atoms. The van der Waals surface area contributed by atoms with Crippen molar-refractivity contribution in [3.8, 4) is 0 Å². The summed E-state index contributed by atoms with van der Waals surface area (Å²) in [5.74, 6) is 0.433. The molecule has 0 radical (unpaired) electrons. The number of hydrogen-bond acceptors (Lipinski definition) is 6. The highest BCUT2D eigenvalue weighted by Gasteiger charge is 2.35. The Balaban J connectivity index is 1.56. The predicted octanol–water partition coefficient (Wildman–Crippen LogP) is 3.42. The van der Waals surface area contributed by atoms with Crippen molar-refractivity contribution in [2.24, 2.45) is 5.92 Å². The number of carbonyl (C=O) groups is 2. The fraction of sp³-hybridized carbons (Fsp3) is 0.412. The van der Waals surface area contributed by atoms with Crippen LogP contribution in [0.1, 0.15) is 26.2 Å². The van der Waals surface area contributed by atoms with Crippen LogP contribution in [0.2, 0.25) is 0 Å². The van der Waals surface area contributed by atoms with Gasteiger partial charge in [0.15, 0.2) is 4.34 Å². The Bertz CT molecular complexity index is 735. The summed E-state index contributed by atoms with van der Waals surface area (Å²) in [5.41, 5.74) is 0.827. The van der Waals surface area contributed by atoms with Gasteiger partial charge in [-0.1, -0.05) is 54.6 Å². The molecular formula is C17H20N4O2S2. The van der Waals surface area contributed by atoms with Gasteiger partial charge in [-0.25, -0.2) is 0 Å². The second kappa shape index (κ2) is 8.44. The number of thioether (sulfide) groups is 1. The second-order valence-electron chi connectivity index (χ2n) is 5.81. The van der Waals surface area contributed by atoms with Crippen molar-refractivity contribution in [1.82, 2.24) is 10.2 Å². The summed E-state index contributed by atoms with van der Waals surface area (Å²) < 4.78 is 0.858. The van der Waals surface area contributed by atoms with E-state index < -0.39 is 0 Å². The van der Waals surface area contributed by atoms with Crippen LogP contribution in [0.5, 0.6) is 0 Å². The van der Waals surface area contributed by atoms with Crippen LogP contribution in [0.15, 0.2) is 34.7 Å². The molecule has 2 heterocycles. The van der Waals surface area contributed by atoms with Gasteiger partial charge >= 0.3 is 0 Å². The van der Waals surface area contributed by atoms with Crippen LogP contribution in [0, 0.1) is 5.92 Å². The third-order valence-electron chi connectivity index (χ3n) is 3.92. The Hall–Kier alpha value is -1.93. The van der Waals surface area contributed by atoms with Gasteiger partial charge in [-0.15, -0.1) is 10.2 Å². The predicted molar refractivity (Wildman–Crippen MR) is 101 cm³/mol. The average Bonchev–Trinajstić information content (AvgIpc) is 3.22. The Kier molecular flexibility index (Phi) is 6.04. The molecule has 0 saturated carbocycles. The number of hydrogen-bond donors (Lipinski definition) is 1. The lowest BCUT2D eigenvalue weighted by molar-refractivity contribution is -0.122. The molecule has 0 aliphatic carbocycles. The van der Waals surface area contributed by atoms with Gasteiger partial charge in [-0.05, 0) is 18.6 Å². The van der Waals surface area contributed by atoms with Gasteiger partial charge in [-0.2, -0.15) is 0 Å². The SMILES string of the molecule is CCCCSc1nnc(NC(=O)[C@H]2CC(=O)N(c3ccccc3)C2)s1. The van der Waals surface area contributed by atoms with Crippen molar-refractivity contribution in [3.63, 3.8) is 0 Å². The van der Waals surface area contributed by atoms with Gasteiger partial charge in [0, 0.05) is 24.4 Å². The number of aromatic nitrogens is 2. The molecular weight excluding hydrogens is 356 g/mol. The number of amides is 2. The van der Waals surface area contributed by atoms with Crippen LogP contribution in [-0.4, -0.2) is 34.3 Å². The summed E-state index contributed by atoms with van der Waals surface area (Å²) in [4.78, 5) is 26.3. The van der Waals surface area contributed by atoms with Crippen LogP contribution in [-0.2, 0) is 9.59 Å². The monoisotopic (exact) mass is 376 g/mol. The third kappa shape index (κ3) is 4.58. The summed E-state index contributed by atoms with van der Waals surface area (Å²) in [5, 5.41) is 11.4. The molecule has 1 fully saturated rings. The molecule has 1 atom stereocenters. The van der Waals surface area contributed by atoms with E-state index in [0.717, 1.165) is 28.6 Å². The van der Waals surface area contributed by atoms with Crippen molar-refractivity contribution < 1.29 is 9.59 Å². The van der Waals surface area contributed by atoms with Crippen LogP contribution in [0.3, 0.4) is 0 Å².